The average Bonchev–Trinajstić information content (AvgIpc) is 2.38. The van der Waals surface area contributed by atoms with Crippen molar-refractivity contribution in [2.75, 3.05) is 20.3 Å². The number of methoxy groups -OCH3 is 1. The highest BCUT2D eigenvalue weighted by molar-refractivity contribution is 5.27. The molecule has 0 aliphatic carbocycles. The van der Waals surface area contributed by atoms with Gasteiger partial charge in [-0.05, 0) is 30.0 Å². The van der Waals surface area contributed by atoms with E-state index in [1.54, 1.807) is 7.11 Å². The molecule has 1 aliphatic rings. The summed E-state index contributed by atoms with van der Waals surface area (Å²) in [5.41, 5.74) is 1.30. The summed E-state index contributed by atoms with van der Waals surface area (Å²) >= 11 is 0. The van der Waals surface area contributed by atoms with Crippen molar-refractivity contribution in [3.63, 3.8) is 0 Å². The Morgan fingerprint density at radius 3 is 2.76 bits per heavy atom. The summed E-state index contributed by atoms with van der Waals surface area (Å²) in [6.07, 6.45) is 1.11. The van der Waals surface area contributed by atoms with Crippen LogP contribution in [-0.2, 0) is 11.3 Å². The van der Waals surface area contributed by atoms with Crippen LogP contribution in [0.5, 0.6) is 5.75 Å². The van der Waals surface area contributed by atoms with Crippen LogP contribution in [-0.4, -0.2) is 26.4 Å². The van der Waals surface area contributed by atoms with Crippen LogP contribution in [0.15, 0.2) is 24.3 Å². The first-order valence-corrected chi connectivity index (χ1v) is 6.23. The molecule has 94 valence electrons. The normalized spacial score (nSPS) is 24.6. The lowest BCUT2D eigenvalue weighted by atomic mass is 9.97. The molecular weight excluding hydrogens is 214 g/mol. The predicted molar refractivity (Wildman–Crippen MR) is 68.2 cm³/mol. The van der Waals surface area contributed by atoms with Crippen molar-refractivity contribution in [2.45, 2.75) is 25.9 Å². The topological polar surface area (TPSA) is 30.5 Å². The minimum absolute atomic E-state index is 0.575. The molecule has 1 saturated heterocycles. The molecule has 0 bridgehead atoms. The van der Waals surface area contributed by atoms with Gasteiger partial charge in [0.1, 0.15) is 5.75 Å². The number of hydrogen-bond acceptors (Lipinski definition) is 3. The zero-order chi connectivity index (χ0) is 12.1. The summed E-state index contributed by atoms with van der Waals surface area (Å²) < 4.78 is 10.6. The van der Waals surface area contributed by atoms with Crippen LogP contribution in [0, 0.1) is 5.92 Å². The zero-order valence-corrected chi connectivity index (χ0v) is 10.6. The van der Waals surface area contributed by atoms with E-state index in [1.165, 1.54) is 5.56 Å². The molecule has 1 aromatic rings. The second-order valence-electron chi connectivity index (χ2n) is 4.68. The molecule has 0 saturated carbocycles. The average molecular weight is 235 g/mol. The SMILES string of the molecule is COc1ccc(CNC2CCOCC2C)cc1. The van der Waals surface area contributed by atoms with Gasteiger partial charge in [0.25, 0.3) is 0 Å². The molecule has 1 aliphatic heterocycles. The Labute approximate surface area is 103 Å². The molecule has 0 radical (unpaired) electrons. The van der Waals surface area contributed by atoms with Gasteiger partial charge < -0.3 is 14.8 Å². The summed E-state index contributed by atoms with van der Waals surface area (Å²) in [6, 6.07) is 8.80. The maximum atomic E-state index is 5.44. The van der Waals surface area contributed by atoms with Gasteiger partial charge in [-0.2, -0.15) is 0 Å². The molecule has 1 N–H and O–H groups in total. The molecule has 3 heteroatoms. The molecule has 0 spiro atoms. The van der Waals surface area contributed by atoms with Crippen LogP contribution in [0.25, 0.3) is 0 Å². The minimum atomic E-state index is 0.575. The van der Waals surface area contributed by atoms with Gasteiger partial charge in [0.15, 0.2) is 0 Å². The standard InChI is InChI=1S/C14H21NO2/c1-11-10-17-8-7-14(11)15-9-12-3-5-13(16-2)6-4-12/h3-6,11,14-15H,7-10H2,1-2H3. The van der Waals surface area contributed by atoms with Gasteiger partial charge in [-0.15, -0.1) is 0 Å². The summed E-state index contributed by atoms with van der Waals surface area (Å²) in [5.74, 6) is 1.51. The van der Waals surface area contributed by atoms with Crippen molar-refractivity contribution in [1.29, 1.82) is 0 Å². The Morgan fingerprint density at radius 1 is 1.35 bits per heavy atom. The van der Waals surface area contributed by atoms with Crippen LogP contribution in [0.4, 0.5) is 0 Å². The Balaban J connectivity index is 1.84. The lowest BCUT2D eigenvalue weighted by Gasteiger charge is -2.29. The van der Waals surface area contributed by atoms with E-state index in [1.807, 2.05) is 12.1 Å². The third kappa shape index (κ3) is 3.45. The third-order valence-electron chi connectivity index (χ3n) is 3.37. The van der Waals surface area contributed by atoms with E-state index in [0.717, 1.165) is 31.9 Å². The molecule has 3 nitrogen and oxygen atoms in total. The number of nitrogens with one attached hydrogen (secondary N) is 1. The highest BCUT2D eigenvalue weighted by Crippen LogP contribution is 2.15. The summed E-state index contributed by atoms with van der Waals surface area (Å²) in [7, 11) is 1.69. The Bertz CT molecular complexity index is 337. The fraction of sp³-hybridized carbons (Fsp3) is 0.571. The predicted octanol–water partition coefficient (Wildman–Crippen LogP) is 2.21. The molecule has 17 heavy (non-hydrogen) atoms. The number of rotatable bonds is 4. The Hall–Kier alpha value is -1.06. The third-order valence-corrected chi connectivity index (χ3v) is 3.37. The van der Waals surface area contributed by atoms with Gasteiger partial charge in [-0.3, -0.25) is 0 Å². The van der Waals surface area contributed by atoms with Crippen LogP contribution in [0.2, 0.25) is 0 Å². The Kier molecular flexibility index (Phi) is 4.40. The van der Waals surface area contributed by atoms with E-state index in [2.05, 4.69) is 24.4 Å². The number of ether oxygens (including phenoxy) is 2. The van der Waals surface area contributed by atoms with Crippen LogP contribution >= 0.6 is 0 Å². The van der Waals surface area contributed by atoms with Crippen LogP contribution in [0.3, 0.4) is 0 Å². The second kappa shape index (κ2) is 6.03. The summed E-state index contributed by atoms with van der Waals surface area (Å²) in [4.78, 5) is 0. The molecule has 2 atom stereocenters. The fourth-order valence-electron chi connectivity index (χ4n) is 2.18. The van der Waals surface area contributed by atoms with Gasteiger partial charge in [0.05, 0.1) is 13.7 Å². The van der Waals surface area contributed by atoms with E-state index < -0.39 is 0 Å². The van der Waals surface area contributed by atoms with E-state index >= 15 is 0 Å². The van der Waals surface area contributed by atoms with Gasteiger partial charge in [-0.25, -0.2) is 0 Å². The number of hydrogen-bond donors (Lipinski definition) is 1. The highest BCUT2D eigenvalue weighted by Gasteiger charge is 2.20. The monoisotopic (exact) mass is 235 g/mol. The van der Waals surface area contributed by atoms with Crippen LogP contribution < -0.4 is 10.1 Å². The highest BCUT2D eigenvalue weighted by atomic mass is 16.5. The quantitative estimate of drug-likeness (QED) is 0.868. The smallest absolute Gasteiger partial charge is 0.118 e. The maximum Gasteiger partial charge on any atom is 0.118 e. The zero-order valence-electron chi connectivity index (χ0n) is 10.6. The van der Waals surface area contributed by atoms with Crippen molar-refractivity contribution < 1.29 is 9.47 Å². The van der Waals surface area contributed by atoms with Crippen molar-refractivity contribution in [3.05, 3.63) is 29.8 Å². The fourth-order valence-corrected chi connectivity index (χ4v) is 2.18. The molecule has 2 unspecified atom stereocenters. The second-order valence-corrected chi connectivity index (χ2v) is 4.68. The van der Waals surface area contributed by atoms with Crippen LogP contribution in [0.1, 0.15) is 18.9 Å². The largest absolute Gasteiger partial charge is 0.497 e. The molecule has 2 rings (SSSR count). The molecule has 0 amide bonds. The first kappa shape index (κ1) is 12.4. The maximum absolute atomic E-state index is 5.44. The first-order valence-electron chi connectivity index (χ1n) is 6.23. The van der Waals surface area contributed by atoms with Gasteiger partial charge in [-0.1, -0.05) is 19.1 Å². The number of benzene rings is 1. The molecule has 0 aromatic heterocycles. The van der Waals surface area contributed by atoms with Crippen molar-refractivity contribution in [3.8, 4) is 5.75 Å². The molecule has 1 fully saturated rings. The summed E-state index contributed by atoms with van der Waals surface area (Å²) in [6.45, 7) is 4.91. The van der Waals surface area contributed by atoms with E-state index in [9.17, 15) is 0 Å². The van der Waals surface area contributed by atoms with E-state index in [-0.39, 0.29) is 0 Å². The van der Waals surface area contributed by atoms with Crippen molar-refractivity contribution >= 4 is 0 Å². The van der Waals surface area contributed by atoms with Crippen molar-refractivity contribution in [1.82, 2.24) is 5.32 Å². The summed E-state index contributed by atoms with van der Waals surface area (Å²) in [5, 5.41) is 3.60. The van der Waals surface area contributed by atoms with Crippen molar-refractivity contribution in [2.24, 2.45) is 5.92 Å². The molecule has 1 heterocycles. The van der Waals surface area contributed by atoms with Gasteiger partial charge in [0.2, 0.25) is 0 Å². The van der Waals surface area contributed by atoms with E-state index in [4.69, 9.17) is 9.47 Å². The molecule has 1 aromatic carbocycles. The lowest BCUT2D eigenvalue weighted by Crippen LogP contribution is -2.40. The van der Waals surface area contributed by atoms with Gasteiger partial charge in [0, 0.05) is 19.2 Å². The minimum Gasteiger partial charge on any atom is -0.497 e. The lowest BCUT2D eigenvalue weighted by molar-refractivity contribution is 0.0386. The first-order chi connectivity index (χ1) is 8.29. The Morgan fingerprint density at radius 2 is 2.12 bits per heavy atom. The van der Waals surface area contributed by atoms with Gasteiger partial charge >= 0.3 is 0 Å². The molecular formula is C14H21NO2. The van der Waals surface area contributed by atoms with E-state index in [0.29, 0.717) is 12.0 Å².